The lowest BCUT2D eigenvalue weighted by Gasteiger charge is -2.16. The highest BCUT2D eigenvalue weighted by Gasteiger charge is 2.10. The summed E-state index contributed by atoms with van der Waals surface area (Å²) < 4.78 is 31.8. The molecule has 1 atom stereocenters. The number of ether oxygens (including phenoxy) is 1. The first-order valence-electron chi connectivity index (χ1n) is 7.17. The zero-order chi connectivity index (χ0) is 16.2. The molecule has 1 heterocycles. The molecule has 0 bridgehead atoms. The van der Waals surface area contributed by atoms with Gasteiger partial charge in [-0.05, 0) is 31.2 Å². The SMILES string of the molecule is CC(COc1ccc(F)cc1F)Nc1ncnc2ccccc12. The zero-order valence-corrected chi connectivity index (χ0v) is 12.5. The van der Waals surface area contributed by atoms with E-state index in [1.807, 2.05) is 31.2 Å². The molecule has 2 aromatic carbocycles. The van der Waals surface area contributed by atoms with Crippen LogP contribution < -0.4 is 10.1 Å². The molecule has 0 spiro atoms. The number of nitrogens with zero attached hydrogens (tertiary/aromatic N) is 2. The van der Waals surface area contributed by atoms with Crippen molar-refractivity contribution >= 4 is 16.7 Å². The molecule has 0 aliphatic heterocycles. The van der Waals surface area contributed by atoms with E-state index in [1.54, 1.807) is 0 Å². The lowest BCUT2D eigenvalue weighted by molar-refractivity contribution is 0.288. The van der Waals surface area contributed by atoms with Crippen molar-refractivity contribution in [1.82, 2.24) is 9.97 Å². The predicted molar refractivity (Wildman–Crippen MR) is 84.5 cm³/mol. The van der Waals surface area contributed by atoms with Crippen LogP contribution in [0.1, 0.15) is 6.92 Å². The summed E-state index contributed by atoms with van der Waals surface area (Å²) in [4.78, 5) is 8.42. The monoisotopic (exact) mass is 315 g/mol. The van der Waals surface area contributed by atoms with Gasteiger partial charge in [-0.2, -0.15) is 0 Å². The van der Waals surface area contributed by atoms with Crippen molar-refractivity contribution in [3.63, 3.8) is 0 Å². The maximum Gasteiger partial charge on any atom is 0.167 e. The minimum atomic E-state index is -0.718. The Bertz CT molecular complexity index is 821. The Labute approximate surface area is 132 Å². The van der Waals surface area contributed by atoms with E-state index in [4.69, 9.17) is 4.74 Å². The molecule has 3 rings (SSSR count). The average Bonchev–Trinajstić information content (AvgIpc) is 2.54. The Morgan fingerprint density at radius 1 is 1.13 bits per heavy atom. The lowest BCUT2D eigenvalue weighted by Crippen LogP contribution is -2.24. The number of hydrogen-bond acceptors (Lipinski definition) is 4. The van der Waals surface area contributed by atoms with Crippen LogP contribution in [-0.2, 0) is 0 Å². The molecule has 0 saturated heterocycles. The quantitative estimate of drug-likeness (QED) is 0.778. The van der Waals surface area contributed by atoms with Crippen LogP contribution in [0, 0.1) is 11.6 Å². The van der Waals surface area contributed by atoms with E-state index in [2.05, 4.69) is 15.3 Å². The first-order chi connectivity index (χ1) is 11.1. The van der Waals surface area contributed by atoms with E-state index in [0.29, 0.717) is 5.82 Å². The number of benzene rings is 2. The van der Waals surface area contributed by atoms with Gasteiger partial charge in [0, 0.05) is 11.5 Å². The minimum Gasteiger partial charge on any atom is -0.488 e. The molecule has 1 N–H and O–H groups in total. The van der Waals surface area contributed by atoms with Gasteiger partial charge in [0.25, 0.3) is 0 Å². The smallest absolute Gasteiger partial charge is 0.167 e. The number of nitrogens with one attached hydrogen (secondary N) is 1. The number of rotatable bonds is 5. The van der Waals surface area contributed by atoms with E-state index >= 15 is 0 Å². The van der Waals surface area contributed by atoms with Gasteiger partial charge in [-0.25, -0.2) is 18.7 Å². The summed E-state index contributed by atoms with van der Waals surface area (Å²) in [6, 6.07) is 10.7. The molecule has 0 saturated carbocycles. The number of halogens is 2. The van der Waals surface area contributed by atoms with Gasteiger partial charge in [0.2, 0.25) is 0 Å². The van der Waals surface area contributed by atoms with Gasteiger partial charge in [-0.3, -0.25) is 0 Å². The van der Waals surface area contributed by atoms with Crippen LogP contribution in [0.25, 0.3) is 10.9 Å². The van der Waals surface area contributed by atoms with Crippen molar-refractivity contribution in [2.75, 3.05) is 11.9 Å². The molecule has 0 fully saturated rings. The molecular formula is C17H15F2N3O. The van der Waals surface area contributed by atoms with E-state index in [9.17, 15) is 8.78 Å². The van der Waals surface area contributed by atoms with Crippen molar-refractivity contribution in [3.8, 4) is 5.75 Å². The summed E-state index contributed by atoms with van der Waals surface area (Å²) >= 11 is 0. The highest BCUT2D eigenvalue weighted by molar-refractivity contribution is 5.88. The summed E-state index contributed by atoms with van der Waals surface area (Å²) in [5.41, 5.74) is 0.836. The van der Waals surface area contributed by atoms with Crippen molar-refractivity contribution in [3.05, 3.63) is 60.4 Å². The summed E-state index contributed by atoms with van der Waals surface area (Å²) in [6.45, 7) is 2.10. The molecule has 0 aliphatic carbocycles. The van der Waals surface area contributed by atoms with Gasteiger partial charge in [-0.1, -0.05) is 12.1 Å². The maximum absolute atomic E-state index is 13.5. The normalized spacial score (nSPS) is 12.1. The Morgan fingerprint density at radius 3 is 2.78 bits per heavy atom. The lowest BCUT2D eigenvalue weighted by atomic mass is 10.2. The predicted octanol–water partition coefficient (Wildman–Crippen LogP) is 3.79. The standard InChI is InChI=1S/C17H15F2N3O/c1-11(9-23-16-7-6-12(18)8-14(16)19)22-17-13-4-2-3-5-15(13)20-10-21-17/h2-8,10-11H,9H2,1H3,(H,20,21,22). The number of anilines is 1. The fraction of sp³-hybridized carbons (Fsp3) is 0.176. The number of aromatic nitrogens is 2. The molecular weight excluding hydrogens is 300 g/mol. The van der Waals surface area contributed by atoms with Gasteiger partial charge < -0.3 is 10.1 Å². The molecule has 0 radical (unpaired) electrons. The van der Waals surface area contributed by atoms with Crippen LogP contribution in [0.4, 0.5) is 14.6 Å². The van der Waals surface area contributed by atoms with Gasteiger partial charge in [0.15, 0.2) is 11.6 Å². The zero-order valence-electron chi connectivity index (χ0n) is 12.5. The molecule has 1 unspecified atom stereocenters. The van der Waals surface area contributed by atoms with Crippen LogP contribution in [0.15, 0.2) is 48.8 Å². The molecule has 0 amide bonds. The fourth-order valence-corrected chi connectivity index (χ4v) is 2.20. The Balaban J connectivity index is 1.68. The third-order valence-corrected chi connectivity index (χ3v) is 3.31. The first kappa shape index (κ1) is 15.1. The van der Waals surface area contributed by atoms with E-state index in [-0.39, 0.29) is 18.4 Å². The van der Waals surface area contributed by atoms with Gasteiger partial charge in [0.05, 0.1) is 11.6 Å². The third kappa shape index (κ3) is 3.53. The van der Waals surface area contributed by atoms with Crippen LogP contribution in [0.3, 0.4) is 0 Å². The maximum atomic E-state index is 13.5. The minimum absolute atomic E-state index is 0.0209. The van der Waals surface area contributed by atoms with Crippen molar-refractivity contribution in [2.24, 2.45) is 0 Å². The highest BCUT2D eigenvalue weighted by Crippen LogP contribution is 2.20. The second-order valence-corrected chi connectivity index (χ2v) is 5.17. The molecule has 4 nitrogen and oxygen atoms in total. The summed E-state index contributed by atoms with van der Waals surface area (Å²) in [7, 11) is 0. The van der Waals surface area contributed by atoms with Gasteiger partial charge >= 0.3 is 0 Å². The molecule has 23 heavy (non-hydrogen) atoms. The number of para-hydroxylation sites is 1. The van der Waals surface area contributed by atoms with Gasteiger partial charge in [-0.15, -0.1) is 0 Å². The summed E-state index contributed by atoms with van der Waals surface area (Å²) in [5.74, 6) is -0.642. The van der Waals surface area contributed by atoms with Crippen molar-refractivity contribution in [2.45, 2.75) is 13.0 Å². The topological polar surface area (TPSA) is 47.0 Å². The van der Waals surface area contributed by atoms with Crippen LogP contribution >= 0.6 is 0 Å². The third-order valence-electron chi connectivity index (χ3n) is 3.31. The number of hydrogen-bond donors (Lipinski definition) is 1. The second kappa shape index (κ2) is 6.56. The van der Waals surface area contributed by atoms with E-state index in [1.165, 1.54) is 12.4 Å². The van der Waals surface area contributed by atoms with Gasteiger partial charge in [0.1, 0.15) is 24.6 Å². The Hall–Kier alpha value is -2.76. The average molecular weight is 315 g/mol. The Morgan fingerprint density at radius 2 is 1.96 bits per heavy atom. The summed E-state index contributed by atoms with van der Waals surface area (Å²) in [6.07, 6.45) is 1.48. The largest absolute Gasteiger partial charge is 0.488 e. The van der Waals surface area contributed by atoms with E-state index < -0.39 is 11.6 Å². The van der Waals surface area contributed by atoms with E-state index in [0.717, 1.165) is 23.0 Å². The van der Waals surface area contributed by atoms with Crippen molar-refractivity contribution < 1.29 is 13.5 Å². The molecule has 118 valence electrons. The van der Waals surface area contributed by atoms with Crippen molar-refractivity contribution in [1.29, 1.82) is 0 Å². The van der Waals surface area contributed by atoms with Crippen LogP contribution in [-0.4, -0.2) is 22.6 Å². The molecule has 0 aliphatic rings. The van der Waals surface area contributed by atoms with Crippen LogP contribution in [0.5, 0.6) is 5.75 Å². The molecule has 6 heteroatoms. The number of fused-ring (bicyclic) bond motifs is 1. The van der Waals surface area contributed by atoms with Crippen LogP contribution in [0.2, 0.25) is 0 Å². The fourth-order valence-electron chi connectivity index (χ4n) is 2.20. The highest BCUT2D eigenvalue weighted by atomic mass is 19.1. The first-order valence-corrected chi connectivity index (χ1v) is 7.17. The Kier molecular flexibility index (Phi) is 4.32. The summed E-state index contributed by atoms with van der Waals surface area (Å²) in [5, 5.41) is 4.11. The second-order valence-electron chi connectivity index (χ2n) is 5.17. The molecule has 1 aromatic heterocycles. The molecule has 3 aromatic rings.